The minimum atomic E-state index is -0.752. The zero-order valence-corrected chi connectivity index (χ0v) is 8.47. The Bertz CT molecular complexity index is 518. The van der Waals surface area contributed by atoms with Crippen molar-refractivity contribution in [2.24, 2.45) is 0 Å². The summed E-state index contributed by atoms with van der Waals surface area (Å²) in [4.78, 5) is 3.78. The van der Waals surface area contributed by atoms with Crippen molar-refractivity contribution in [2.45, 2.75) is 6.92 Å². The van der Waals surface area contributed by atoms with Gasteiger partial charge < -0.3 is 0 Å². The van der Waals surface area contributed by atoms with E-state index < -0.39 is 17.5 Å². The predicted octanol–water partition coefficient (Wildman–Crippen LogP) is 3.47. The second-order valence-electron chi connectivity index (χ2n) is 3.45. The van der Waals surface area contributed by atoms with Gasteiger partial charge in [0.25, 0.3) is 0 Å². The molecule has 0 aliphatic carbocycles. The van der Waals surface area contributed by atoms with Gasteiger partial charge in [-0.1, -0.05) is 0 Å². The Morgan fingerprint density at radius 1 is 1.00 bits per heavy atom. The van der Waals surface area contributed by atoms with Gasteiger partial charge in [0.05, 0.1) is 0 Å². The van der Waals surface area contributed by atoms with Crippen LogP contribution in [0.5, 0.6) is 0 Å². The van der Waals surface area contributed by atoms with Crippen LogP contribution < -0.4 is 0 Å². The molecule has 1 aromatic carbocycles. The molecule has 1 heterocycles. The molecule has 0 saturated carbocycles. The minimum Gasteiger partial charge on any atom is -0.253 e. The van der Waals surface area contributed by atoms with Crippen LogP contribution in [0.15, 0.2) is 30.5 Å². The SMILES string of the molecule is Cc1ccnc(-c2cc(F)cc(F)c2)c1F. The summed E-state index contributed by atoms with van der Waals surface area (Å²) in [6, 6.07) is 4.33. The number of halogens is 3. The van der Waals surface area contributed by atoms with Crippen LogP contribution in [0.3, 0.4) is 0 Å². The second kappa shape index (κ2) is 3.96. The first-order valence-corrected chi connectivity index (χ1v) is 4.65. The Morgan fingerprint density at radius 3 is 2.25 bits per heavy atom. The van der Waals surface area contributed by atoms with E-state index in [2.05, 4.69) is 4.98 Å². The number of hydrogen-bond donors (Lipinski definition) is 0. The van der Waals surface area contributed by atoms with Crippen LogP contribution in [0.1, 0.15) is 5.56 Å². The van der Waals surface area contributed by atoms with E-state index >= 15 is 0 Å². The third-order valence-corrected chi connectivity index (χ3v) is 2.22. The number of rotatable bonds is 1. The molecule has 1 nitrogen and oxygen atoms in total. The molecule has 0 aliphatic rings. The molecule has 4 heteroatoms. The highest BCUT2D eigenvalue weighted by Crippen LogP contribution is 2.23. The molecular formula is C12H8F3N. The maximum atomic E-state index is 13.6. The Kier molecular flexibility index (Phi) is 2.64. The van der Waals surface area contributed by atoms with Crippen molar-refractivity contribution in [1.82, 2.24) is 4.98 Å². The van der Waals surface area contributed by atoms with Gasteiger partial charge in [0, 0.05) is 17.8 Å². The van der Waals surface area contributed by atoms with Gasteiger partial charge in [-0.2, -0.15) is 0 Å². The molecular weight excluding hydrogens is 215 g/mol. The zero-order valence-electron chi connectivity index (χ0n) is 8.47. The molecule has 2 rings (SSSR count). The molecule has 16 heavy (non-hydrogen) atoms. The second-order valence-corrected chi connectivity index (χ2v) is 3.45. The molecule has 0 fully saturated rings. The van der Waals surface area contributed by atoms with Crippen molar-refractivity contribution in [3.63, 3.8) is 0 Å². The lowest BCUT2D eigenvalue weighted by Gasteiger charge is -2.04. The van der Waals surface area contributed by atoms with E-state index in [0.717, 1.165) is 18.2 Å². The Hall–Kier alpha value is -1.84. The lowest BCUT2D eigenvalue weighted by Crippen LogP contribution is -1.93. The number of aromatic nitrogens is 1. The number of pyridine rings is 1. The number of benzene rings is 1. The van der Waals surface area contributed by atoms with E-state index in [9.17, 15) is 13.2 Å². The minimum absolute atomic E-state index is 0.0431. The summed E-state index contributed by atoms with van der Waals surface area (Å²) in [6.07, 6.45) is 1.40. The largest absolute Gasteiger partial charge is 0.253 e. The Morgan fingerprint density at radius 2 is 1.62 bits per heavy atom. The molecule has 1 aromatic heterocycles. The molecule has 0 bridgehead atoms. The highest BCUT2D eigenvalue weighted by molar-refractivity contribution is 5.60. The highest BCUT2D eigenvalue weighted by atomic mass is 19.1. The summed E-state index contributed by atoms with van der Waals surface area (Å²) in [5.74, 6) is -2.07. The van der Waals surface area contributed by atoms with Gasteiger partial charge in [0.1, 0.15) is 17.3 Å². The van der Waals surface area contributed by atoms with Crippen LogP contribution in [0.2, 0.25) is 0 Å². The van der Waals surface area contributed by atoms with Gasteiger partial charge >= 0.3 is 0 Å². The standard InChI is InChI=1S/C12H8F3N/c1-7-2-3-16-12(11(7)15)8-4-9(13)6-10(14)5-8/h2-6H,1H3. The summed E-state index contributed by atoms with van der Waals surface area (Å²) in [6.45, 7) is 1.57. The van der Waals surface area contributed by atoms with Crippen LogP contribution in [-0.4, -0.2) is 4.98 Å². The smallest absolute Gasteiger partial charge is 0.152 e. The van der Waals surface area contributed by atoms with E-state index in [1.54, 1.807) is 6.92 Å². The summed E-state index contributed by atoms with van der Waals surface area (Å²) in [5.41, 5.74) is 0.437. The molecule has 0 amide bonds. The van der Waals surface area contributed by atoms with E-state index in [1.807, 2.05) is 0 Å². The molecule has 0 saturated heterocycles. The fourth-order valence-corrected chi connectivity index (χ4v) is 1.43. The molecule has 0 N–H and O–H groups in total. The predicted molar refractivity (Wildman–Crippen MR) is 54.3 cm³/mol. The average molecular weight is 223 g/mol. The highest BCUT2D eigenvalue weighted by Gasteiger charge is 2.11. The number of hydrogen-bond acceptors (Lipinski definition) is 1. The van der Waals surface area contributed by atoms with Crippen LogP contribution >= 0.6 is 0 Å². The lowest BCUT2D eigenvalue weighted by molar-refractivity contribution is 0.582. The fourth-order valence-electron chi connectivity index (χ4n) is 1.43. The first kappa shape index (κ1) is 10.7. The van der Waals surface area contributed by atoms with Crippen molar-refractivity contribution in [1.29, 1.82) is 0 Å². The van der Waals surface area contributed by atoms with Crippen molar-refractivity contribution < 1.29 is 13.2 Å². The van der Waals surface area contributed by atoms with Gasteiger partial charge in [-0.3, -0.25) is 4.98 Å². The van der Waals surface area contributed by atoms with Crippen LogP contribution in [0.25, 0.3) is 11.3 Å². The first-order valence-electron chi connectivity index (χ1n) is 4.65. The van der Waals surface area contributed by atoms with E-state index in [1.165, 1.54) is 12.3 Å². The van der Waals surface area contributed by atoms with Crippen molar-refractivity contribution in [3.8, 4) is 11.3 Å². The maximum Gasteiger partial charge on any atom is 0.152 e. The maximum absolute atomic E-state index is 13.6. The summed E-state index contributed by atoms with van der Waals surface area (Å²) < 4.78 is 39.6. The van der Waals surface area contributed by atoms with Crippen molar-refractivity contribution >= 4 is 0 Å². The van der Waals surface area contributed by atoms with E-state index in [-0.39, 0.29) is 11.3 Å². The molecule has 0 aliphatic heterocycles. The number of aryl methyl sites for hydroxylation is 1. The molecule has 0 radical (unpaired) electrons. The monoisotopic (exact) mass is 223 g/mol. The molecule has 2 aromatic rings. The quantitative estimate of drug-likeness (QED) is 0.721. The fraction of sp³-hybridized carbons (Fsp3) is 0.0833. The Labute approximate surface area is 90.6 Å². The molecule has 0 unspecified atom stereocenters. The van der Waals surface area contributed by atoms with Gasteiger partial charge in [-0.15, -0.1) is 0 Å². The van der Waals surface area contributed by atoms with E-state index in [0.29, 0.717) is 5.56 Å². The van der Waals surface area contributed by atoms with Crippen LogP contribution in [0, 0.1) is 24.4 Å². The zero-order chi connectivity index (χ0) is 11.7. The number of nitrogens with zero attached hydrogens (tertiary/aromatic N) is 1. The third kappa shape index (κ3) is 1.91. The molecule has 0 atom stereocenters. The summed E-state index contributed by atoms with van der Waals surface area (Å²) >= 11 is 0. The summed E-state index contributed by atoms with van der Waals surface area (Å²) in [7, 11) is 0. The van der Waals surface area contributed by atoms with Gasteiger partial charge in [-0.25, -0.2) is 13.2 Å². The van der Waals surface area contributed by atoms with Gasteiger partial charge in [0.2, 0.25) is 0 Å². The summed E-state index contributed by atoms with van der Waals surface area (Å²) in [5, 5.41) is 0. The first-order chi connectivity index (χ1) is 7.58. The van der Waals surface area contributed by atoms with Crippen LogP contribution in [0.4, 0.5) is 13.2 Å². The van der Waals surface area contributed by atoms with E-state index in [4.69, 9.17) is 0 Å². The van der Waals surface area contributed by atoms with Crippen molar-refractivity contribution in [2.75, 3.05) is 0 Å². The normalized spacial score (nSPS) is 10.5. The average Bonchev–Trinajstić information content (AvgIpc) is 2.20. The van der Waals surface area contributed by atoms with Gasteiger partial charge in [0.15, 0.2) is 5.82 Å². The lowest BCUT2D eigenvalue weighted by atomic mass is 10.1. The van der Waals surface area contributed by atoms with Crippen LogP contribution in [-0.2, 0) is 0 Å². The third-order valence-electron chi connectivity index (χ3n) is 2.22. The van der Waals surface area contributed by atoms with Crippen molar-refractivity contribution in [3.05, 3.63) is 53.5 Å². The topological polar surface area (TPSA) is 12.9 Å². The molecule has 82 valence electrons. The van der Waals surface area contributed by atoms with Gasteiger partial charge in [-0.05, 0) is 30.7 Å². The Balaban J connectivity index is 2.63. The molecule has 0 spiro atoms.